The Morgan fingerprint density at radius 3 is 1.22 bits per heavy atom. The van der Waals surface area contributed by atoms with Gasteiger partial charge in [0.05, 0.1) is 34.5 Å². The first kappa shape index (κ1) is 59.3. The van der Waals surface area contributed by atoms with Crippen molar-refractivity contribution in [3.63, 3.8) is 0 Å². The predicted octanol–water partition coefficient (Wildman–Crippen LogP) is 13.0. The molecule has 0 aliphatic heterocycles. The number of ether oxygens (including phenoxy) is 5. The van der Waals surface area contributed by atoms with Gasteiger partial charge in [-0.2, -0.15) is 0 Å². The SMILES string of the molecule is CCC(C)(C)C(=O)/C=C/c1ccc(OC)cc1.CCC(C)C(=O)/C=C/c1ccc(OC)cc1.CCC(C)CNC(=O)/C=C/c1ccc(OC)cc1.CCC(C)OC(=O)/C=C/c1ccc(OC)cc1. The second-order valence-corrected chi connectivity index (χ2v) is 16.7. The van der Waals surface area contributed by atoms with Crippen LogP contribution in [0.25, 0.3) is 24.3 Å². The van der Waals surface area contributed by atoms with E-state index in [0.29, 0.717) is 5.92 Å². The van der Waals surface area contributed by atoms with Gasteiger partial charge in [0.1, 0.15) is 23.0 Å². The molecule has 0 aromatic heterocycles. The molecule has 0 fully saturated rings. The van der Waals surface area contributed by atoms with E-state index < -0.39 is 0 Å². The lowest BCUT2D eigenvalue weighted by Gasteiger charge is -2.18. The van der Waals surface area contributed by atoms with Gasteiger partial charge in [0, 0.05) is 30.0 Å². The number of allylic oxidation sites excluding steroid dienone is 2. The van der Waals surface area contributed by atoms with E-state index in [1.54, 1.807) is 58.8 Å². The Labute approximate surface area is 407 Å². The zero-order valence-electron chi connectivity index (χ0n) is 42.8. The van der Waals surface area contributed by atoms with Crippen LogP contribution in [0.3, 0.4) is 0 Å². The predicted molar refractivity (Wildman–Crippen MR) is 280 cm³/mol. The number of carbonyl (C=O) groups excluding carboxylic acids is 4. The summed E-state index contributed by atoms with van der Waals surface area (Å²) < 4.78 is 25.4. The van der Waals surface area contributed by atoms with Crippen LogP contribution < -0.4 is 24.3 Å². The molecule has 10 nitrogen and oxygen atoms in total. The Bertz CT molecular complexity index is 2170. The van der Waals surface area contributed by atoms with Crippen LogP contribution in [0.15, 0.2) is 121 Å². The third kappa shape index (κ3) is 25.3. The average Bonchev–Trinajstić information content (AvgIpc) is 3.38. The van der Waals surface area contributed by atoms with Crippen molar-refractivity contribution in [2.45, 2.75) is 94.1 Å². The molecule has 68 heavy (non-hydrogen) atoms. The molecule has 1 N–H and O–H groups in total. The molecule has 0 radical (unpaired) electrons. The van der Waals surface area contributed by atoms with Crippen LogP contribution in [0.5, 0.6) is 23.0 Å². The van der Waals surface area contributed by atoms with E-state index in [4.69, 9.17) is 23.7 Å². The van der Waals surface area contributed by atoms with E-state index in [1.807, 2.05) is 158 Å². The number of methoxy groups -OCH3 is 4. The molecule has 4 aromatic rings. The highest BCUT2D eigenvalue weighted by Gasteiger charge is 2.22. The summed E-state index contributed by atoms with van der Waals surface area (Å²) in [4.78, 5) is 46.4. The molecule has 10 heteroatoms. The molecule has 4 aromatic carbocycles. The van der Waals surface area contributed by atoms with Crippen molar-refractivity contribution in [2.75, 3.05) is 35.0 Å². The third-order valence-corrected chi connectivity index (χ3v) is 11.0. The summed E-state index contributed by atoms with van der Waals surface area (Å²) >= 11 is 0. The number of hydrogen-bond donors (Lipinski definition) is 1. The van der Waals surface area contributed by atoms with Crippen LogP contribution in [-0.4, -0.2) is 64.5 Å². The zero-order chi connectivity index (χ0) is 50.9. The number of carbonyl (C=O) groups is 4. The van der Waals surface area contributed by atoms with Crippen molar-refractivity contribution in [1.82, 2.24) is 5.32 Å². The maximum absolute atomic E-state index is 11.9. The first-order valence-electron chi connectivity index (χ1n) is 23.3. The minimum absolute atomic E-state index is 0.0389. The second kappa shape index (κ2) is 33.7. The van der Waals surface area contributed by atoms with Gasteiger partial charge in [-0.3, -0.25) is 14.4 Å². The molecule has 0 spiro atoms. The van der Waals surface area contributed by atoms with Crippen LogP contribution in [-0.2, 0) is 23.9 Å². The van der Waals surface area contributed by atoms with Gasteiger partial charge in [0.15, 0.2) is 11.6 Å². The summed E-state index contributed by atoms with van der Waals surface area (Å²) in [7, 11) is 6.52. The molecule has 368 valence electrons. The number of hydrogen-bond acceptors (Lipinski definition) is 9. The molecule has 0 aliphatic carbocycles. The van der Waals surface area contributed by atoms with E-state index in [9.17, 15) is 19.2 Å². The fraction of sp³-hybridized carbons (Fsp3) is 0.379. The molecule has 3 unspecified atom stereocenters. The van der Waals surface area contributed by atoms with Crippen molar-refractivity contribution < 1.29 is 42.9 Å². The lowest BCUT2D eigenvalue weighted by molar-refractivity contribution is -0.142. The lowest BCUT2D eigenvalue weighted by atomic mass is 9.85. The van der Waals surface area contributed by atoms with Gasteiger partial charge in [-0.1, -0.05) is 122 Å². The van der Waals surface area contributed by atoms with Crippen molar-refractivity contribution in [1.29, 1.82) is 0 Å². The average molecular weight is 932 g/mol. The van der Waals surface area contributed by atoms with Gasteiger partial charge in [0.25, 0.3) is 0 Å². The maximum atomic E-state index is 11.9. The molecular weight excluding hydrogens is 855 g/mol. The summed E-state index contributed by atoms with van der Waals surface area (Å²) in [6.07, 6.45) is 17.1. The van der Waals surface area contributed by atoms with E-state index in [-0.39, 0.29) is 40.9 Å². The van der Waals surface area contributed by atoms with Gasteiger partial charge in [-0.05, 0) is 127 Å². The summed E-state index contributed by atoms with van der Waals surface area (Å²) in [6.45, 7) is 18.7. The monoisotopic (exact) mass is 932 g/mol. The van der Waals surface area contributed by atoms with Crippen LogP contribution in [0.4, 0.5) is 0 Å². The van der Waals surface area contributed by atoms with E-state index in [1.165, 1.54) is 6.08 Å². The van der Waals surface area contributed by atoms with Gasteiger partial charge < -0.3 is 29.0 Å². The number of rotatable bonds is 21. The normalized spacial score (nSPS) is 12.3. The molecule has 0 heterocycles. The Balaban J connectivity index is 0.000000454. The van der Waals surface area contributed by atoms with Crippen LogP contribution in [0, 0.1) is 17.3 Å². The summed E-state index contributed by atoms with van der Waals surface area (Å²) in [6, 6.07) is 30.3. The highest BCUT2D eigenvalue weighted by Crippen LogP contribution is 2.22. The number of esters is 1. The van der Waals surface area contributed by atoms with E-state index in [2.05, 4.69) is 19.2 Å². The van der Waals surface area contributed by atoms with Crippen molar-refractivity contribution in [2.24, 2.45) is 17.3 Å². The van der Waals surface area contributed by atoms with Crippen molar-refractivity contribution in [3.8, 4) is 23.0 Å². The van der Waals surface area contributed by atoms with Crippen molar-refractivity contribution in [3.05, 3.63) is 144 Å². The number of ketones is 2. The van der Waals surface area contributed by atoms with Gasteiger partial charge in [0.2, 0.25) is 5.91 Å². The van der Waals surface area contributed by atoms with Crippen molar-refractivity contribution >= 4 is 47.7 Å². The topological polar surface area (TPSA) is 126 Å². The second-order valence-electron chi connectivity index (χ2n) is 16.7. The largest absolute Gasteiger partial charge is 0.497 e. The Morgan fingerprint density at radius 2 is 0.882 bits per heavy atom. The standard InChI is InChI=1S/C15H21NO2.C15H20O2.C14H18O3.C14H18O2/c1-4-12(2)11-16-15(17)10-7-13-5-8-14(18-3)9-6-13;1-5-15(2,3)14(16)11-8-12-6-9-13(17-4)10-7-12;1-4-11(2)17-14(15)10-7-12-5-8-13(16-3)9-6-12;1-4-11(2)14(15)10-7-12-5-8-13(16-3)9-6-12/h5-10,12H,4,11H2,1-3H3,(H,16,17);6-11H,5H2,1-4H3;5-11H,4H2,1-3H3;5-11H,4H2,1-3H3/b10-7+;11-8+;2*10-7+. The summed E-state index contributed by atoms with van der Waals surface area (Å²) in [5.74, 6) is 3.86. The molecule has 0 saturated carbocycles. The molecule has 0 bridgehead atoms. The number of nitrogens with one attached hydrogen (secondary N) is 1. The number of amides is 1. The van der Waals surface area contributed by atoms with Gasteiger partial charge in [-0.25, -0.2) is 4.79 Å². The number of benzene rings is 4. The molecule has 4 rings (SSSR count). The third-order valence-electron chi connectivity index (χ3n) is 11.0. The molecular formula is C58H77NO9. The van der Waals surface area contributed by atoms with E-state index >= 15 is 0 Å². The molecule has 3 atom stereocenters. The minimum Gasteiger partial charge on any atom is -0.497 e. The van der Waals surface area contributed by atoms with Gasteiger partial charge in [-0.15, -0.1) is 0 Å². The zero-order valence-corrected chi connectivity index (χ0v) is 42.8. The maximum Gasteiger partial charge on any atom is 0.331 e. The fourth-order valence-corrected chi connectivity index (χ4v) is 5.11. The Morgan fingerprint density at radius 1 is 0.515 bits per heavy atom. The van der Waals surface area contributed by atoms with Crippen LogP contribution in [0.2, 0.25) is 0 Å². The van der Waals surface area contributed by atoms with Crippen LogP contribution >= 0.6 is 0 Å². The fourth-order valence-electron chi connectivity index (χ4n) is 5.11. The Kier molecular flexibility index (Phi) is 29.4. The first-order chi connectivity index (χ1) is 32.5. The summed E-state index contributed by atoms with van der Waals surface area (Å²) in [5, 5.41) is 2.88. The highest BCUT2D eigenvalue weighted by molar-refractivity contribution is 5.97. The lowest BCUT2D eigenvalue weighted by Crippen LogP contribution is -2.26. The van der Waals surface area contributed by atoms with Crippen LogP contribution in [0.1, 0.15) is 110 Å². The smallest absolute Gasteiger partial charge is 0.331 e. The Hall–Kier alpha value is -6.68. The van der Waals surface area contributed by atoms with E-state index in [0.717, 1.165) is 77.5 Å². The van der Waals surface area contributed by atoms with Gasteiger partial charge >= 0.3 is 5.97 Å². The molecule has 0 saturated heterocycles. The highest BCUT2D eigenvalue weighted by atomic mass is 16.5. The molecule has 1 amide bonds. The summed E-state index contributed by atoms with van der Waals surface area (Å²) in [5.41, 5.74) is 3.66. The molecule has 0 aliphatic rings. The quantitative estimate of drug-likeness (QED) is 0.0642. The first-order valence-corrected chi connectivity index (χ1v) is 23.3. The minimum atomic E-state index is -0.310.